The molecule has 26 heavy (non-hydrogen) atoms. The number of sulfone groups is 1. The van der Waals surface area contributed by atoms with Crippen LogP contribution in [-0.2, 0) is 9.84 Å². The molecule has 1 atom stereocenters. The first-order valence-electron chi connectivity index (χ1n) is 8.88. The zero-order valence-electron chi connectivity index (χ0n) is 14.5. The van der Waals surface area contributed by atoms with Crippen molar-refractivity contribution in [1.82, 2.24) is 4.98 Å². The monoisotopic (exact) mass is 367 g/mol. The van der Waals surface area contributed by atoms with E-state index in [2.05, 4.69) is 29.2 Å². The summed E-state index contributed by atoms with van der Waals surface area (Å²) in [7, 11) is -2.82. The molecule has 134 valence electrons. The molecule has 0 spiro atoms. The molecule has 1 fully saturated rings. The Labute approximate surface area is 153 Å². The molecule has 1 saturated heterocycles. The number of pyridine rings is 1. The molecule has 0 aliphatic carbocycles. The lowest BCUT2D eigenvalue weighted by molar-refractivity contribution is 0.288. The standard InChI is InChI=1S/C21H21NO3S/c23-26(24)13-10-16(15-26)9-12-25-21-8-7-18(17-4-3-11-22-14-17)19-5-1-2-6-20(19)21/h1-8,11,14,16H,9-10,12-13,15H2. The number of rotatable bonds is 5. The largest absolute Gasteiger partial charge is 0.493 e. The fraction of sp³-hybridized carbons (Fsp3) is 0.286. The van der Waals surface area contributed by atoms with Crippen LogP contribution in [0.4, 0.5) is 0 Å². The van der Waals surface area contributed by atoms with Gasteiger partial charge in [0.05, 0.1) is 18.1 Å². The first-order valence-corrected chi connectivity index (χ1v) is 10.7. The van der Waals surface area contributed by atoms with Gasteiger partial charge in [-0.3, -0.25) is 4.98 Å². The molecule has 2 aromatic carbocycles. The quantitative estimate of drug-likeness (QED) is 0.681. The van der Waals surface area contributed by atoms with Crippen molar-refractivity contribution in [2.75, 3.05) is 18.1 Å². The van der Waals surface area contributed by atoms with Crippen molar-refractivity contribution in [2.24, 2.45) is 5.92 Å². The highest BCUT2D eigenvalue weighted by Crippen LogP contribution is 2.34. The Kier molecular flexibility index (Phi) is 4.64. The predicted octanol–water partition coefficient (Wildman–Crippen LogP) is 4.11. The Morgan fingerprint density at radius 1 is 1.04 bits per heavy atom. The molecule has 1 aromatic heterocycles. The van der Waals surface area contributed by atoms with E-state index in [1.165, 1.54) is 0 Å². The molecule has 1 unspecified atom stereocenters. The summed E-state index contributed by atoms with van der Waals surface area (Å²) in [4.78, 5) is 4.22. The molecule has 5 heteroatoms. The molecule has 3 aromatic rings. The molecule has 0 radical (unpaired) electrons. The molecule has 4 nitrogen and oxygen atoms in total. The second kappa shape index (κ2) is 7.08. The van der Waals surface area contributed by atoms with Crippen LogP contribution in [0.1, 0.15) is 12.8 Å². The summed E-state index contributed by atoms with van der Waals surface area (Å²) in [5.74, 6) is 1.69. The first-order chi connectivity index (χ1) is 12.6. The van der Waals surface area contributed by atoms with E-state index in [0.717, 1.165) is 40.5 Å². The van der Waals surface area contributed by atoms with Gasteiger partial charge in [0.15, 0.2) is 9.84 Å². The maximum atomic E-state index is 11.6. The third-order valence-corrected chi connectivity index (χ3v) is 6.80. The van der Waals surface area contributed by atoms with E-state index in [1.54, 1.807) is 6.20 Å². The van der Waals surface area contributed by atoms with Crippen LogP contribution in [-0.4, -0.2) is 31.5 Å². The first kappa shape index (κ1) is 17.0. The fourth-order valence-corrected chi connectivity index (χ4v) is 5.52. The third-order valence-electron chi connectivity index (χ3n) is 4.97. The molecule has 2 heterocycles. The second-order valence-electron chi connectivity index (χ2n) is 6.80. The SMILES string of the molecule is O=S1(=O)CCC(CCOc2ccc(-c3cccnc3)c3ccccc23)C1. The van der Waals surface area contributed by atoms with Gasteiger partial charge in [-0.25, -0.2) is 8.42 Å². The van der Waals surface area contributed by atoms with Gasteiger partial charge in [-0.15, -0.1) is 0 Å². The van der Waals surface area contributed by atoms with Crippen molar-refractivity contribution in [3.05, 3.63) is 60.9 Å². The Morgan fingerprint density at radius 3 is 2.62 bits per heavy atom. The number of hydrogen-bond donors (Lipinski definition) is 0. The minimum atomic E-state index is -2.82. The maximum Gasteiger partial charge on any atom is 0.150 e. The van der Waals surface area contributed by atoms with E-state index in [-0.39, 0.29) is 5.92 Å². The minimum Gasteiger partial charge on any atom is -0.493 e. The van der Waals surface area contributed by atoms with Crippen LogP contribution in [0.3, 0.4) is 0 Å². The second-order valence-corrected chi connectivity index (χ2v) is 9.03. The number of benzene rings is 2. The summed E-state index contributed by atoms with van der Waals surface area (Å²) in [6.07, 6.45) is 5.17. The van der Waals surface area contributed by atoms with Crippen molar-refractivity contribution in [1.29, 1.82) is 0 Å². The van der Waals surface area contributed by atoms with Gasteiger partial charge in [0, 0.05) is 23.3 Å². The van der Waals surface area contributed by atoms with E-state index in [4.69, 9.17) is 4.74 Å². The van der Waals surface area contributed by atoms with Gasteiger partial charge in [0.1, 0.15) is 5.75 Å². The van der Waals surface area contributed by atoms with E-state index in [1.807, 2.05) is 30.5 Å². The van der Waals surface area contributed by atoms with Crippen LogP contribution in [0, 0.1) is 5.92 Å². The highest BCUT2D eigenvalue weighted by atomic mass is 32.2. The number of ether oxygens (including phenoxy) is 1. The van der Waals surface area contributed by atoms with Crippen LogP contribution in [0.25, 0.3) is 21.9 Å². The molecule has 0 saturated carbocycles. The molecule has 0 bridgehead atoms. The molecule has 0 N–H and O–H groups in total. The van der Waals surface area contributed by atoms with Crippen LogP contribution < -0.4 is 4.74 Å². The summed E-state index contributed by atoms with van der Waals surface area (Å²) >= 11 is 0. The Balaban J connectivity index is 1.55. The van der Waals surface area contributed by atoms with E-state index in [9.17, 15) is 8.42 Å². The highest BCUT2D eigenvalue weighted by Gasteiger charge is 2.27. The summed E-state index contributed by atoms with van der Waals surface area (Å²) in [5, 5.41) is 2.19. The Morgan fingerprint density at radius 2 is 1.88 bits per heavy atom. The predicted molar refractivity (Wildman–Crippen MR) is 104 cm³/mol. The van der Waals surface area contributed by atoms with Crippen molar-refractivity contribution in [3.63, 3.8) is 0 Å². The molecule has 4 rings (SSSR count). The van der Waals surface area contributed by atoms with Gasteiger partial charge >= 0.3 is 0 Å². The topological polar surface area (TPSA) is 56.3 Å². The lowest BCUT2D eigenvalue weighted by Crippen LogP contribution is -2.09. The zero-order chi connectivity index (χ0) is 18.0. The van der Waals surface area contributed by atoms with E-state index in [0.29, 0.717) is 18.1 Å². The van der Waals surface area contributed by atoms with Crippen LogP contribution in [0.15, 0.2) is 60.9 Å². The van der Waals surface area contributed by atoms with E-state index < -0.39 is 9.84 Å². The van der Waals surface area contributed by atoms with Gasteiger partial charge < -0.3 is 4.74 Å². The van der Waals surface area contributed by atoms with Crippen molar-refractivity contribution in [3.8, 4) is 16.9 Å². The van der Waals surface area contributed by atoms with Crippen LogP contribution in [0.2, 0.25) is 0 Å². The lowest BCUT2D eigenvalue weighted by Gasteiger charge is -2.14. The van der Waals surface area contributed by atoms with Gasteiger partial charge in [0.2, 0.25) is 0 Å². The molecule has 0 amide bonds. The number of nitrogens with zero attached hydrogens (tertiary/aromatic N) is 1. The summed E-state index contributed by atoms with van der Waals surface area (Å²) in [5.41, 5.74) is 2.20. The molecule has 1 aliphatic heterocycles. The maximum absolute atomic E-state index is 11.6. The highest BCUT2D eigenvalue weighted by molar-refractivity contribution is 7.91. The van der Waals surface area contributed by atoms with Crippen molar-refractivity contribution < 1.29 is 13.2 Å². The molecular formula is C21H21NO3S. The third kappa shape index (κ3) is 3.58. The van der Waals surface area contributed by atoms with Crippen LogP contribution >= 0.6 is 0 Å². The van der Waals surface area contributed by atoms with Gasteiger partial charge in [-0.2, -0.15) is 0 Å². The minimum absolute atomic E-state index is 0.223. The Hall–Kier alpha value is -2.40. The van der Waals surface area contributed by atoms with Crippen LogP contribution in [0.5, 0.6) is 5.75 Å². The normalized spacial score (nSPS) is 18.8. The van der Waals surface area contributed by atoms with Crippen molar-refractivity contribution in [2.45, 2.75) is 12.8 Å². The smallest absolute Gasteiger partial charge is 0.150 e. The molecule has 1 aliphatic rings. The average Bonchev–Trinajstić information content (AvgIpc) is 3.01. The van der Waals surface area contributed by atoms with E-state index >= 15 is 0 Å². The summed E-state index contributed by atoms with van der Waals surface area (Å²) < 4.78 is 29.2. The van der Waals surface area contributed by atoms with Gasteiger partial charge in [-0.1, -0.05) is 30.3 Å². The number of hydrogen-bond acceptors (Lipinski definition) is 4. The zero-order valence-corrected chi connectivity index (χ0v) is 15.3. The average molecular weight is 367 g/mol. The van der Waals surface area contributed by atoms with Crippen molar-refractivity contribution >= 4 is 20.6 Å². The van der Waals surface area contributed by atoms with Gasteiger partial charge in [0.25, 0.3) is 0 Å². The summed E-state index contributed by atoms with van der Waals surface area (Å²) in [6.45, 7) is 0.538. The number of fused-ring (bicyclic) bond motifs is 1. The van der Waals surface area contributed by atoms with Gasteiger partial charge in [-0.05, 0) is 47.9 Å². The fourth-order valence-electron chi connectivity index (χ4n) is 3.61. The number of aromatic nitrogens is 1. The Bertz CT molecular complexity index is 1020. The summed E-state index contributed by atoms with van der Waals surface area (Å²) in [6, 6.07) is 16.2. The molecular weight excluding hydrogens is 346 g/mol. The lowest BCUT2D eigenvalue weighted by atomic mass is 9.99.